The van der Waals surface area contributed by atoms with E-state index in [2.05, 4.69) is 11.6 Å². The van der Waals surface area contributed by atoms with Gasteiger partial charge in [-0.2, -0.15) is 0 Å². The molecule has 2 rings (SSSR count). The Labute approximate surface area is 110 Å². The van der Waals surface area contributed by atoms with Gasteiger partial charge in [0.15, 0.2) is 3.95 Å². The predicted octanol–water partition coefficient (Wildman–Crippen LogP) is 4.43. The molecule has 0 fully saturated rings. The average molecular weight is 263 g/mol. The van der Waals surface area contributed by atoms with Crippen LogP contribution in [0.25, 0.3) is 11.3 Å². The maximum atomic E-state index is 5.54. The monoisotopic (exact) mass is 263 g/mol. The Kier molecular flexibility index (Phi) is 3.76. The van der Waals surface area contributed by atoms with Gasteiger partial charge in [-0.3, -0.25) is 0 Å². The van der Waals surface area contributed by atoms with Crippen LogP contribution < -0.4 is 4.74 Å². The van der Waals surface area contributed by atoms with Crippen molar-refractivity contribution in [3.8, 4) is 17.0 Å². The molecule has 0 aliphatic rings. The van der Waals surface area contributed by atoms with Gasteiger partial charge in [0.05, 0.1) is 5.69 Å². The van der Waals surface area contributed by atoms with E-state index in [-0.39, 0.29) is 0 Å². The Morgan fingerprint density at radius 2 is 2.12 bits per heavy atom. The largest absolute Gasteiger partial charge is 0.489 e. The van der Waals surface area contributed by atoms with Crippen molar-refractivity contribution in [1.29, 1.82) is 0 Å². The quantitative estimate of drug-likeness (QED) is 0.652. The molecule has 0 amide bonds. The summed E-state index contributed by atoms with van der Waals surface area (Å²) in [6.45, 7) is 6.30. The van der Waals surface area contributed by atoms with Crippen LogP contribution in [0.4, 0.5) is 0 Å². The van der Waals surface area contributed by atoms with E-state index in [1.165, 1.54) is 11.3 Å². The highest BCUT2D eigenvalue weighted by molar-refractivity contribution is 7.73. The number of aromatic nitrogens is 1. The highest BCUT2D eigenvalue weighted by atomic mass is 32.1. The highest BCUT2D eigenvalue weighted by Gasteiger charge is 2.00. The van der Waals surface area contributed by atoms with Gasteiger partial charge in [-0.15, -0.1) is 11.3 Å². The van der Waals surface area contributed by atoms with Gasteiger partial charge in [0.25, 0.3) is 0 Å². The van der Waals surface area contributed by atoms with Crippen LogP contribution in [0.3, 0.4) is 0 Å². The first-order valence-electron chi connectivity index (χ1n) is 5.20. The van der Waals surface area contributed by atoms with Gasteiger partial charge in [-0.05, 0) is 54.5 Å². The lowest BCUT2D eigenvalue weighted by molar-refractivity contribution is 0.353. The molecule has 2 nitrogen and oxygen atoms in total. The van der Waals surface area contributed by atoms with Crippen molar-refractivity contribution in [2.75, 3.05) is 6.61 Å². The molecule has 1 aromatic heterocycles. The molecule has 0 aliphatic heterocycles. The van der Waals surface area contributed by atoms with Crippen molar-refractivity contribution >= 4 is 23.6 Å². The number of benzene rings is 1. The minimum Gasteiger partial charge on any atom is -0.489 e. The number of ether oxygens (including phenoxy) is 1. The molecule has 0 bridgehead atoms. The van der Waals surface area contributed by atoms with E-state index in [1.54, 1.807) is 0 Å². The Hall–Kier alpha value is -1.39. The second-order valence-electron chi connectivity index (χ2n) is 3.83. The van der Waals surface area contributed by atoms with Gasteiger partial charge in [0, 0.05) is 5.38 Å². The molecule has 88 valence electrons. The van der Waals surface area contributed by atoms with Gasteiger partial charge in [-0.1, -0.05) is 6.58 Å². The van der Waals surface area contributed by atoms with E-state index >= 15 is 0 Å². The number of hydrogen-bond donors (Lipinski definition) is 1. The Morgan fingerprint density at radius 3 is 2.65 bits per heavy atom. The molecule has 17 heavy (non-hydrogen) atoms. The van der Waals surface area contributed by atoms with Crippen LogP contribution in [0.1, 0.15) is 6.92 Å². The number of thiazole rings is 1. The lowest BCUT2D eigenvalue weighted by atomic mass is 10.2. The first-order chi connectivity index (χ1) is 8.15. The first kappa shape index (κ1) is 12.1. The van der Waals surface area contributed by atoms with Crippen LogP contribution >= 0.6 is 23.6 Å². The van der Waals surface area contributed by atoms with E-state index in [9.17, 15) is 0 Å². The first-order valence-corrected chi connectivity index (χ1v) is 6.49. The molecular formula is C13H13NOS2. The summed E-state index contributed by atoms with van der Waals surface area (Å²) in [7, 11) is 0. The maximum Gasteiger partial charge on any atom is 0.158 e. The van der Waals surface area contributed by atoms with Crippen LogP contribution in [-0.2, 0) is 0 Å². The van der Waals surface area contributed by atoms with Gasteiger partial charge in [0.1, 0.15) is 12.4 Å². The second-order valence-corrected chi connectivity index (χ2v) is 5.38. The Morgan fingerprint density at radius 1 is 1.41 bits per heavy atom. The number of H-pyrrole nitrogens is 1. The lowest BCUT2D eigenvalue weighted by Gasteiger charge is -2.06. The zero-order valence-electron chi connectivity index (χ0n) is 9.53. The van der Waals surface area contributed by atoms with E-state index in [1.807, 2.05) is 36.6 Å². The fourth-order valence-corrected chi connectivity index (χ4v) is 2.20. The summed E-state index contributed by atoms with van der Waals surface area (Å²) < 4.78 is 6.33. The van der Waals surface area contributed by atoms with Crippen molar-refractivity contribution in [1.82, 2.24) is 4.98 Å². The van der Waals surface area contributed by atoms with Crippen molar-refractivity contribution in [2.24, 2.45) is 0 Å². The molecule has 0 saturated heterocycles. The molecular weight excluding hydrogens is 250 g/mol. The van der Waals surface area contributed by atoms with Crippen molar-refractivity contribution in [3.05, 3.63) is 45.8 Å². The second kappa shape index (κ2) is 5.29. The van der Waals surface area contributed by atoms with E-state index < -0.39 is 0 Å². The zero-order valence-corrected chi connectivity index (χ0v) is 11.2. The third-order valence-corrected chi connectivity index (χ3v) is 3.23. The fraction of sp³-hybridized carbons (Fsp3) is 0.154. The summed E-state index contributed by atoms with van der Waals surface area (Å²) in [5.41, 5.74) is 3.17. The molecule has 1 N–H and O–H groups in total. The number of rotatable bonds is 4. The molecule has 1 heterocycles. The standard InChI is InChI=1S/C13H13NOS2/c1-9(2)7-15-11-5-3-10(4-6-11)12-8-17-13(16)14-12/h3-6,8H,1,7H2,2H3,(H,14,16). The topological polar surface area (TPSA) is 25.0 Å². The highest BCUT2D eigenvalue weighted by Crippen LogP contribution is 2.22. The molecule has 4 heteroatoms. The normalized spacial score (nSPS) is 10.2. The molecule has 0 aliphatic carbocycles. The van der Waals surface area contributed by atoms with Crippen molar-refractivity contribution < 1.29 is 4.74 Å². The van der Waals surface area contributed by atoms with Crippen LogP contribution in [0, 0.1) is 3.95 Å². The fourth-order valence-electron chi connectivity index (χ4n) is 1.36. The van der Waals surface area contributed by atoms with Gasteiger partial charge in [0.2, 0.25) is 0 Å². The Bertz CT molecular complexity index is 566. The molecule has 2 aromatic rings. The molecule has 0 unspecified atom stereocenters. The smallest absolute Gasteiger partial charge is 0.158 e. The summed E-state index contributed by atoms with van der Waals surface area (Å²) in [4.78, 5) is 3.14. The summed E-state index contributed by atoms with van der Waals surface area (Å²) in [5, 5.41) is 2.02. The predicted molar refractivity (Wildman–Crippen MR) is 75.2 cm³/mol. The summed E-state index contributed by atoms with van der Waals surface area (Å²) in [6.07, 6.45) is 0. The molecule has 0 spiro atoms. The molecule has 1 aromatic carbocycles. The number of aromatic amines is 1. The maximum absolute atomic E-state index is 5.54. The molecule has 0 saturated carbocycles. The van der Waals surface area contributed by atoms with E-state index in [0.717, 1.165) is 26.5 Å². The van der Waals surface area contributed by atoms with Crippen molar-refractivity contribution in [2.45, 2.75) is 6.92 Å². The van der Waals surface area contributed by atoms with Crippen LogP contribution in [-0.4, -0.2) is 11.6 Å². The lowest BCUT2D eigenvalue weighted by Crippen LogP contribution is -1.97. The van der Waals surface area contributed by atoms with E-state index in [0.29, 0.717) is 6.61 Å². The van der Waals surface area contributed by atoms with Crippen molar-refractivity contribution in [3.63, 3.8) is 0 Å². The average Bonchev–Trinajstić information content (AvgIpc) is 2.74. The van der Waals surface area contributed by atoms with Gasteiger partial charge in [-0.25, -0.2) is 0 Å². The van der Waals surface area contributed by atoms with Crippen LogP contribution in [0.2, 0.25) is 0 Å². The zero-order chi connectivity index (χ0) is 12.3. The van der Waals surface area contributed by atoms with Gasteiger partial charge < -0.3 is 9.72 Å². The minimum atomic E-state index is 0.556. The van der Waals surface area contributed by atoms with Crippen LogP contribution in [0.5, 0.6) is 5.75 Å². The summed E-state index contributed by atoms with van der Waals surface area (Å²) >= 11 is 6.59. The minimum absolute atomic E-state index is 0.556. The third kappa shape index (κ3) is 3.28. The molecule has 0 radical (unpaired) electrons. The molecule has 0 atom stereocenters. The SMILES string of the molecule is C=C(C)COc1ccc(-c2csc(=S)[nH]2)cc1. The summed E-state index contributed by atoms with van der Waals surface area (Å²) in [5.74, 6) is 0.852. The Balaban J connectivity index is 2.13. The summed E-state index contributed by atoms with van der Waals surface area (Å²) in [6, 6.07) is 7.93. The third-order valence-electron chi connectivity index (χ3n) is 2.17. The van der Waals surface area contributed by atoms with Crippen LogP contribution in [0.15, 0.2) is 41.8 Å². The number of nitrogens with one attached hydrogen (secondary N) is 1. The van der Waals surface area contributed by atoms with Gasteiger partial charge >= 0.3 is 0 Å². The number of hydrogen-bond acceptors (Lipinski definition) is 3. The van der Waals surface area contributed by atoms with E-state index in [4.69, 9.17) is 17.0 Å².